The molecule has 0 atom stereocenters. The number of fused-ring (bicyclic) bond motifs is 1. The molecule has 0 saturated heterocycles. The molecule has 0 aliphatic carbocycles. The second-order valence-electron chi connectivity index (χ2n) is 4.16. The molecule has 19 heavy (non-hydrogen) atoms. The van der Waals surface area contributed by atoms with Crippen LogP contribution in [-0.2, 0) is 0 Å². The SMILES string of the molecule is Cc1coc(NC(=O)c2cc3cc(N)ccc3o2)n1. The van der Waals surface area contributed by atoms with E-state index in [-0.39, 0.29) is 11.8 Å². The zero-order valence-electron chi connectivity index (χ0n) is 10.1. The van der Waals surface area contributed by atoms with Gasteiger partial charge < -0.3 is 14.6 Å². The molecule has 0 aliphatic rings. The highest BCUT2D eigenvalue weighted by molar-refractivity contribution is 6.03. The third kappa shape index (κ3) is 2.15. The van der Waals surface area contributed by atoms with Gasteiger partial charge in [0.25, 0.3) is 5.91 Å². The molecule has 3 N–H and O–H groups in total. The quantitative estimate of drug-likeness (QED) is 0.688. The minimum Gasteiger partial charge on any atom is -0.451 e. The van der Waals surface area contributed by atoms with Gasteiger partial charge in [0.15, 0.2) is 5.76 Å². The lowest BCUT2D eigenvalue weighted by molar-refractivity contribution is 0.0996. The summed E-state index contributed by atoms with van der Waals surface area (Å²) in [6.07, 6.45) is 1.45. The number of carbonyl (C=O) groups is 1. The van der Waals surface area contributed by atoms with Gasteiger partial charge >= 0.3 is 6.01 Å². The lowest BCUT2D eigenvalue weighted by Gasteiger charge is -1.95. The van der Waals surface area contributed by atoms with Crippen LogP contribution in [0, 0.1) is 6.92 Å². The summed E-state index contributed by atoms with van der Waals surface area (Å²) in [6, 6.07) is 6.94. The molecule has 3 rings (SSSR count). The predicted molar refractivity (Wildman–Crippen MR) is 69.8 cm³/mol. The number of oxazole rings is 1. The van der Waals surface area contributed by atoms with Crippen molar-refractivity contribution < 1.29 is 13.6 Å². The van der Waals surface area contributed by atoms with E-state index in [1.54, 1.807) is 31.2 Å². The number of nitrogens with one attached hydrogen (secondary N) is 1. The number of amides is 1. The van der Waals surface area contributed by atoms with Gasteiger partial charge in [-0.2, -0.15) is 4.98 Å². The number of hydrogen-bond acceptors (Lipinski definition) is 5. The van der Waals surface area contributed by atoms with Crippen LogP contribution in [0.5, 0.6) is 0 Å². The van der Waals surface area contributed by atoms with Crippen LogP contribution in [-0.4, -0.2) is 10.9 Å². The van der Waals surface area contributed by atoms with E-state index in [2.05, 4.69) is 10.3 Å². The second kappa shape index (κ2) is 4.16. The van der Waals surface area contributed by atoms with E-state index in [4.69, 9.17) is 14.6 Å². The highest BCUT2D eigenvalue weighted by Crippen LogP contribution is 2.22. The van der Waals surface area contributed by atoms with Crippen molar-refractivity contribution >= 4 is 28.6 Å². The first-order chi connectivity index (χ1) is 9.11. The van der Waals surface area contributed by atoms with Crippen LogP contribution in [0.4, 0.5) is 11.7 Å². The van der Waals surface area contributed by atoms with Crippen molar-refractivity contribution in [2.24, 2.45) is 0 Å². The van der Waals surface area contributed by atoms with Crippen LogP contribution < -0.4 is 11.1 Å². The summed E-state index contributed by atoms with van der Waals surface area (Å²) in [7, 11) is 0. The molecule has 1 aromatic carbocycles. The summed E-state index contributed by atoms with van der Waals surface area (Å²) in [6.45, 7) is 1.77. The fourth-order valence-electron chi connectivity index (χ4n) is 1.74. The number of hydrogen-bond donors (Lipinski definition) is 2. The van der Waals surface area contributed by atoms with E-state index in [0.29, 0.717) is 17.0 Å². The Morgan fingerprint density at radius 3 is 2.95 bits per heavy atom. The molecule has 0 bridgehead atoms. The largest absolute Gasteiger partial charge is 0.451 e. The predicted octanol–water partition coefficient (Wildman–Crippen LogP) is 2.56. The molecule has 0 aliphatic heterocycles. The van der Waals surface area contributed by atoms with E-state index in [9.17, 15) is 4.79 Å². The molecule has 0 radical (unpaired) electrons. The molecule has 0 saturated carbocycles. The smallest absolute Gasteiger partial charge is 0.301 e. The lowest BCUT2D eigenvalue weighted by atomic mass is 10.2. The maximum atomic E-state index is 11.9. The zero-order chi connectivity index (χ0) is 13.4. The number of aryl methyl sites for hydroxylation is 1. The van der Waals surface area contributed by atoms with Crippen LogP contribution in [0.25, 0.3) is 11.0 Å². The number of nitrogen functional groups attached to an aromatic ring is 1. The lowest BCUT2D eigenvalue weighted by Crippen LogP contribution is -2.10. The molecular formula is C13H11N3O3. The summed E-state index contributed by atoms with van der Waals surface area (Å²) in [5.41, 5.74) is 7.57. The van der Waals surface area contributed by atoms with E-state index in [1.807, 2.05) is 0 Å². The normalized spacial score (nSPS) is 10.8. The van der Waals surface area contributed by atoms with Crippen LogP contribution in [0.1, 0.15) is 16.2 Å². The van der Waals surface area contributed by atoms with Gasteiger partial charge in [-0.3, -0.25) is 10.1 Å². The first kappa shape index (κ1) is 11.3. The second-order valence-corrected chi connectivity index (χ2v) is 4.16. The van der Waals surface area contributed by atoms with Gasteiger partial charge in [-0.25, -0.2) is 0 Å². The number of nitrogens with zero attached hydrogens (tertiary/aromatic N) is 1. The number of carbonyl (C=O) groups excluding carboxylic acids is 1. The van der Waals surface area contributed by atoms with Gasteiger partial charge in [0.1, 0.15) is 11.8 Å². The Labute approximate surface area is 108 Å². The minimum atomic E-state index is -0.420. The number of rotatable bonds is 2. The molecule has 0 fully saturated rings. The van der Waals surface area contributed by atoms with Gasteiger partial charge in [0, 0.05) is 11.1 Å². The van der Waals surface area contributed by atoms with Crippen molar-refractivity contribution in [3.63, 3.8) is 0 Å². The van der Waals surface area contributed by atoms with Crippen LogP contribution in [0.3, 0.4) is 0 Å². The fraction of sp³-hybridized carbons (Fsp3) is 0.0769. The number of aromatic nitrogens is 1. The van der Waals surface area contributed by atoms with E-state index < -0.39 is 5.91 Å². The van der Waals surface area contributed by atoms with Crippen LogP contribution in [0.2, 0.25) is 0 Å². The van der Waals surface area contributed by atoms with Gasteiger partial charge in [0.2, 0.25) is 0 Å². The molecule has 3 aromatic rings. The highest BCUT2D eigenvalue weighted by Gasteiger charge is 2.14. The highest BCUT2D eigenvalue weighted by atomic mass is 16.4. The molecule has 2 heterocycles. The Bertz CT molecular complexity index is 757. The Hall–Kier alpha value is -2.76. The van der Waals surface area contributed by atoms with Gasteiger partial charge in [0.05, 0.1) is 5.69 Å². The van der Waals surface area contributed by atoms with Crippen molar-refractivity contribution in [1.29, 1.82) is 0 Å². The van der Waals surface area contributed by atoms with Gasteiger partial charge in [-0.15, -0.1) is 0 Å². The minimum absolute atomic E-state index is 0.141. The molecular weight excluding hydrogens is 246 g/mol. The standard InChI is InChI=1S/C13H11N3O3/c1-7-6-18-13(15-7)16-12(17)11-5-8-4-9(14)2-3-10(8)19-11/h2-6H,14H2,1H3,(H,15,16,17). The van der Waals surface area contributed by atoms with E-state index in [0.717, 1.165) is 5.39 Å². The average Bonchev–Trinajstić information content (AvgIpc) is 2.95. The summed E-state index contributed by atoms with van der Waals surface area (Å²) in [5.74, 6) is -0.243. The van der Waals surface area contributed by atoms with Crippen molar-refractivity contribution in [2.45, 2.75) is 6.92 Å². The van der Waals surface area contributed by atoms with Crippen molar-refractivity contribution in [2.75, 3.05) is 11.1 Å². The summed E-state index contributed by atoms with van der Waals surface area (Å²) in [5, 5.41) is 3.28. The molecule has 0 spiro atoms. The van der Waals surface area contributed by atoms with Crippen LogP contribution in [0.15, 0.2) is 39.4 Å². The number of benzene rings is 1. The molecule has 6 heteroatoms. The zero-order valence-corrected chi connectivity index (χ0v) is 10.1. The first-order valence-corrected chi connectivity index (χ1v) is 5.64. The molecule has 96 valence electrons. The maximum Gasteiger partial charge on any atom is 0.301 e. The van der Waals surface area contributed by atoms with E-state index in [1.165, 1.54) is 6.26 Å². The fourth-order valence-corrected chi connectivity index (χ4v) is 1.74. The number of nitrogens with two attached hydrogens (primary N) is 1. The Morgan fingerprint density at radius 1 is 1.37 bits per heavy atom. The van der Waals surface area contributed by atoms with Crippen molar-refractivity contribution in [3.8, 4) is 0 Å². The Kier molecular flexibility index (Phi) is 2.49. The Morgan fingerprint density at radius 2 is 2.21 bits per heavy atom. The molecule has 6 nitrogen and oxygen atoms in total. The number of anilines is 2. The monoisotopic (exact) mass is 257 g/mol. The van der Waals surface area contributed by atoms with Crippen molar-refractivity contribution in [1.82, 2.24) is 4.98 Å². The van der Waals surface area contributed by atoms with Crippen LogP contribution >= 0.6 is 0 Å². The molecule has 1 amide bonds. The molecule has 2 aromatic heterocycles. The number of furan rings is 1. The summed E-state index contributed by atoms with van der Waals surface area (Å²) >= 11 is 0. The average molecular weight is 257 g/mol. The van der Waals surface area contributed by atoms with Gasteiger partial charge in [-0.1, -0.05) is 0 Å². The van der Waals surface area contributed by atoms with Gasteiger partial charge in [-0.05, 0) is 31.2 Å². The third-order valence-corrected chi connectivity index (χ3v) is 2.60. The summed E-state index contributed by atoms with van der Waals surface area (Å²) in [4.78, 5) is 15.9. The van der Waals surface area contributed by atoms with Crippen molar-refractivity contribution in [3.05, 3.63) is 42.0 Å². The topological polar surface area (TPSA) is 94.3 Å². The third-order valence-electron chi connectivity index (χ3n) is 2.60. The van der Waals surface area contributed by atoms with E-state index >= 15 is 0 Å². The summed E-state index contributed by atoms with van der Waals surface area (Å²) < 4.78 is 10.5. The maximum absolute atomic E-state index is 11.9. The first-order valence-electron chi connectivity index (χ1n) is 5.64. The Balaban J connectivity index is 1.89. The molecule has 0 unspecified atom stereocenters.